The standard InChI is InChI=1S/C14H22N2O/c1-10-5-4-6-11(2)14(10)16-8-12(3)15-7-13(16)9-17/h4-6,12-13,15,17H,7-9H2,1-3H3. The quantitative estimate of drug-likeness (QED) is 0.813. The van der Waals surface area contributed by atoms with Crippen LogP contribution in [0.3, 0.4) is 0 Å². The van der Waals surface area contributed by atoms with Crippen molar-refractivity contribution in [1.82, 2.24) is 5.32 Å². The minimum Gasteiger partial charge on any atom is -0.394 e. The van der Waals surface area contributed by atoms with Crippen LogP contribution in [-0.2, 0) is 0 Å². The summed E-state index contributed by atoms with van der Waals surface area (Å²) in [6.07, 6.45) is 0. The molecule has 0 radical (unpaired) electrons. The number of anilines is 1. The van der Waals surface area contributed by atoms with Crippen LogP contribution in [0.15, 0.2) is 18.2 Å². The largest absolute Gasteiger partial charge is 0.394 e. The van der Waals surface area contributed by atoms with E-state index in [1.807, 2.05) is 0 Å². The van der Waals surface area contributed by atoms with Crippen LogP contribution < -0.4 is 10.2 Å². The van der Waals surface area contributed by atoms with Gasteiger partial charge in [0.15, 0.2) is 0 Å². The molecule has 1 aromatic carbocycles. The second-order valence-electron chi connectivity index (χ2n) is 5.04. The highest BCUT2D eigenvalue weighted by Gasteiger charge is 2.27. The molecule has 17 heavy (non-hydrogen) atoms. The minimum absolute atomic E-state index is 0.186. The van der Waals surface area contributed by atoms with Crippen LogP contribution in [0.2, 0.25) is 0 Å². The number of hydrogen-bond acceptors (Lipinski definition) is 3. The van der Waals surface area contributed by atoms with Gasteiger partial charge in [0.2, 0.25) is 0 Å². The first kappa shape index (κ1) is 12.4. The number of rotatable bonds is 2. The lowest BCUT2D eigenvalue weighted by molar-refractivity contribution is 0.237. The van der Waals surface area contributed by atoms with Gasteiger partial charge in [0, 0.05) is 24.8 Å². The van der Waals surface area contributed by atoms with Gasteiger partial charge in [-0.05, 0) is 31.9 Å². The van der Waals surface area contributed by atoms with Crippen LogP contribution in [-0.4, -0.2) is 36.9 Å². The lowest BCUT2D eigenvalue weighted by Gasteiger charge is -2.41. The van der Waals surface area contributed by atoms with Gasteiger partial charge < -0.3 is 15.3 Å². The van der Waals surface area contributed by atoms with E-state index >= 15 is 0 Å². The first-order valence-electron chi connectivity index (χ1n) is 6.30. The molecule has 0 amide bonds. The van der Waals surface area contributed by atoms with Gasteiger partial charge in [-0.15, -0.1) is 0 Å². The van der Waals surface area contributed by atoms with E-state index in [9.17, 15) is 5.11 Å². The van der Waals surface area contributed by atoms with E-state index in [2.05, 4.69) is 49.2 Å². The van der Waals surface area contributed by atoms with E-state index in [1.165, 1.54) is 16.8 Å². The number of aliphatic hydroxyl groups excluding tert-OH is 1. The Morgan fingerprint density at radius 2 is 2.00 bits per heavy atom. The Labute approximate surface area is 103 Å². The maximum Gasteiger partial charge on any atom is 0.0647 e. The summed E-state index contributed by atoms with van der Waals surface area (Å²) in [5.41, 5.74) is 3.87. The second kappa shape index (κ2) is 5.07. The van der Waals surface area contributed by atoms with Crippen molar-refractivity contribution in [1.29, 1.82) is 0 Å². The van der Waals surface area contributed by atoms with Crippen molar-refractivity contribution >= 4 is 5.69 Å². The first-order chi connectivity index (χ1) is 8.13. The molecule has 1 saturated heterocycles. The number of piperazine rings is 1. The summed E-state index contributed by atoms with van der Waals surface area (Å²) in [6, 6.07) is 7.03. The smallest absolute Gasteiger partial charge is 0.0647 e. The van der Waals surface area contributed by atoms with Gasteiger partial charge in [0.05, 0.1) is 12.6 Å². The van der Waals surface area contributed by atoms with Crippen molar-refractivity contribution in [2.75, 3.05) is 24.6 Å². The molecule has 3 nitrogen and oxygen atoms in total. The van der Waals surface area contributed by atoms with Crippen molar-refractivity contribution in [3.05, 3.63) is 29.3 Å². The predicted octanol–water partition coefficient (Wildman–Crippen LogP) is 1.46. The fourth-order valence-electron chi connectivity index (χ4n) is 2.65. The average molecular weight is 234 g/mol. The van der Waals surface area contributed by atoms with Crippen molar-refractivity contribution in [3.8, 4) is 0 Å². The van der Waals surface area contributed by atoms with E-state index in [-0.39, 0.29) is 12.6 Å². The Morgan fingerprint density at radius 1 is 1.35 bits per heavy atom. The van der Waals surface area contributed by atoms with E-state index in [0.29, 0.717) is 6.04 Å². The van der Waals surface area contributed by atoms with Crippen LogP contribution in [0.1, 0.15) is 18.1 Å². The van der Waals surface area contributed by atoms with E-state index in [1.54, 1.807) is 0 Å². The highest BCUT2D eigenvalue weighted by molar-refractivity contribution is 5.60. The molecule has 0 aliphatic carbocycles. The minimum atomic E-state index is 0.186. The molecule has 1 fully saturated rings. The summed E-state index contributed by atoms with van der Waals surface area (Å²) in [6.45, 7) is 8.48. The van der Waals surface area contributed by atoms with E-state index < -0.39 is 0 Å². The molecule has 0 aromatic heterocycles. The molecule has 0 spiro atoms. The molecule has 94 valence electrons. The molecular formula is C14H22N2O. The van der Waals surface area contributed by atoms with Gasteiger partial charge in [0.25, 0.3) is 0 Å². The lowest BCUT2D eigenvalue weighted by Crippen LogP contribution is -2.57. The summed E-state index contributed by atoms with van der Waals surface area (Å²) in [5.74, 6) is 0. The van der Waals surface area contributed by atoms with Crippen molar-refractivity contribution < 1.29 is 5.11 Å². The Kier molecular flexibility index (Phi) is 3.69. The number of aliphatic hydroxyl groups is 1. The molecule has 2 rings (SSSR count). The molecule has 1 aliphatic heterocycles. The fourth-order valence-corrected chi connectivity index (χ4v) is 2.65. The van der Waals surface area contributed by atoms with Crippen LogP contribution in [0.4, 0.5) is 5.69 Å². The molecule has 2 unspecified atom stereocenters. The van der Waals surface area contributed by atoms with Crippen molar-refractivity contribution in [2.45, 2.75) is 32.9 Å². The molecular weight excluding hydrogens is 212 g/mol. The van der Waals surface area contributed by atoms with Gasteiger partial charge in [-0.2, -0.15) is 0 Å². The summed E-state index contributed by atoms with van der Waals surface area (Å²) in [4.78, 5) is 2.35. The Balaban J connectivity index is 2.35. The summed E-state index contributed by atoms with van der Waals surface area (Å²) < 4.78 is 0. The third-order valence-electron chi connectivity index (χ3n) is 3.55. The fraction of sp³-hybridized carbons (Fsp3) is 0.571. The van der Waals surface area contributed by atoms with Crippen LogP contribution in [0.25, 0.3) is 0 Å². The number of nitrogens with one attached hydrogen (secondary N) is 1. The molecule has 0 saturated carbocycles. The number of nitrogens with zero attached hydrogens (tertiary/aromatic N) is 1. The van der Waals surface area contributed by atoms with E-state index in [0.717, 1.165) is 13.1 Å². The molecule has 0 bridgehead atoms. The first-order valence-corrected chi connectivity index (χ1v) is 6.30. The van der Waals surface area contributed by atoms with Crippen molar-refractivity contribution in [2.24, 2.45) is 0 Å². The molecule has 1 aromatic rings. The van der Waals surface area contributed by atoms with E-state index in [4.69, 9.17) is 0 Å². The van der Waals surface area contributed by atoms with Gasteiger partial charge in [-0.3, -0.25) is 0 Å². The third kappa shape index (κ3) is 2.45. The molecule has 2 N–H and O–H groups in total. The molecule has 1 heterocycles. The zero-order chi connectivity index (χ0) is 12.4. The van der Waals surface area contributed by atoms with Crippen LogP contribution in [0, 0.1) is 13.8 Å². The molecule has 1 aliphatic rings. The average Bonchev–Trinajstić information content (AvgIpc) is 2.29. The van der Waals surface area contributed by atoms with Gasteiger partial charge in [-0.1, -0.05) is 18.2 Å². The SMILES string of the molecule is Cc1cccc(C)c1N1CC(C)NCC1CO. The highest BCUT2D eigenvalue weighted by atomic mass is 16.3. The topological polar surface area (TPSA) is 35.5 Å². The maximum absolute atomic E-state index is 9.51. The van der Waals surface area contributed by atoms with Crippen LogP contribution in [0.5, 0.6) is 0 Å². The number of benzene rings is 1. The normalized spacial score (nSPS) is 25.1. The summed E-state index contributed by atoms with van der Waals surface area (Å²) >= 11 is 0. The Hall–Kier alpha value is -1.06. The monoisotopic (exact) mass is 234 g/mol. The second-order valence-corrected chi connectivity index (χ2v) is 5.04. The third-order valence-corrected chi connectivity index (χ3v) is 3.55. The Bertz CT molecular complexity index is 372. The van der Waals surface area contributed by atoms with Gasteiger partial charge >= 0.3 is 0 Å². The summed E-state index contributed by atoms with van der Waals surface area (Å²) in [7, 11) is 0. The molecule has 3 heteroatoms. The zero-order valence-electron chi connectivity index (χ0n) is 10.9. The summed E-state index contributed by atoms with van der Waals surface area (Å²) in [5, 5.41) is 12.9. The zero-order valence-corrected chi connectivity index (χ0v) is 10.9. The number of para-hydroxylation sites is 1. The predicted molar refractivity (Wildman–Crippen MR) is 71.6 cm³/mol. The Morgan fingerprint density at radius 3 is 2.59 bits per heavy atom. The lowest BCUT2D eigenvalue weighted by atomic mass is 10.0. The maximum atomic E-state index is 9.51. The van der Waals surface area contributed by atoms with Crippen LogP contribution >= 0.6 is 0 Å². The number of hydrogen-bond donors (Lipinski definition) is 2. The highest BCUT2D eigenvalue weighted by Crippen LogP contribution is 2.27. The van der Waals surface area contributed by atoms with Crippen molar-refractivity contribution in [3.63, 3.8) is 0 Å². The van der Waals surface area contributed by atoms with Gasteiger partial charge in [0.1, 0.15) is 0 Å². The number of aryl methyl sites for hydroxylation is 2. The van der Waals surface area contributed by atoms with Gasteiger partial charge in [-0.25, -0.2) is 0 Å². The molecule has 2 atom stereocenters.